The normalized spacial score (nSPS) is 15.8. The lowest BCUT2D eigenvalue weighted by Crippen LogP contribution is -2.54. The van der Waals surface area contributed by atoms with Crippen LogP contribution in [-0.2, 0) is 16.2 Å². The number of ether oxygens (including phenoxy) is 3. The lowest BCUT2D eigenvalue weighted by Gasteiger charge is -2.26. The molecule has 0 aromatic heterocycles. The number of rotatable bonds is 5. The maximum absolute atomic E-state index is 13.4. The van der Waals surface area contributed by atoms with E-state index < -0.39 is 17.8 Å². The van der Waals surface area contributed by atoms with Crippen molar-refractivity contribution < 1.29 is 28.6 Å². The summed E-state index contributed by atoms with van der Waals surface area (Å²) >= 11 is 0. The first kappa shape index (κ1) is 22.4. The summed E-state index contributed by atoms with van der Waals surface area (Å²) in [7, 11) is 0. The first-order chi connectivity index (χ1) is 18.1. The Kier molecular flexibility index (Phi) is 5.54. The number of benzene rings is 4. The van der Waals surface area contributed by atoms with Crippen LogP contribution in [0, 0.1) is 0 Å². The number of para-hydroxylation sites is 1. The van der Waals surface area contributed by atoms with Crippen molar-refractivity contribution in [3.05, 3.63) is 102 Å². The second-order valence-electron chi connectivity index (χ2n) is 8.46. The highest BCUT2D eigenvalue weighted by molar-refractivity contribution is 6.39. The maximum Gasteiger partial charge on any atom is 0.335 e. The van der Waals surface area contributed by atoms with Gasteiger partial charge in [-0.15, -0.1) is 0 Å². The average molecular weight is 492 g/mol. The topological polar surface area (TPSA) is 94.2 Å². The van der Waals surface area contributed by atoms with Crippen molar-refractivity contribution in [3.8, 4) is 17.2 Å². The Bertz CT molecular complexity index is 1600. The van der Waals surface area contributed by atoms with Gasteiger partial charge in [-0.3, -0.25) is 14.9 Å². The van der Waals surface area contributed by atoms with Crippen molar-refractivity contribution in [2.75, 3.05) is 11.7 Å². The van der Waals surface area contributed by atoms with Crippen LogP contribution in [0.25, 0.3) is 16.8 Å². The zero-order valence-electron chi connectivity index (χ0n) is 19.5. The molecule has 0 bridgehead atoms. The molecule has 1 fully saturated rings. The molecule has 4 aromatic rings. The summed E-state index contributed by atoms with van der Waals surface area (Å²) in [5.74, 6) is -0.118. The zero-order valence-corrected chi connectivity index (χ0v) is 19.5. The predicted molar refractivity (Wildman–Crippen MR) is 136 cm³/mol. The highest BCUT2D eigenvalue weighted by Gasteiger charge is 2.37. The molecule has 4 amide bonds. The third-order valence-electron chi connectivity index (χ3n) is 6.20. The molecular formula is C29H20N2O6. The van der Waals surface area contributed by atoms with Gasteiger partial charge >= 0.3 is 6.03 Å². The average Bonchev–Trinajstić information content (AvgIpc) is 3.38. The number of nitrogens with one attached hydrogen (secondary N) is 1. The molecule has 0 unspecified atom stereocenters. The molecule has 0 radical (unpaired) electrons. The predicted octanol–water partition coefficient (Wildman–Crippen LogP) is 4.81. The van der Waals surface area contributed by atoms with Gasteiger partial charge in [0.1, 0.15) is 17.9 Å². The number of imide groups is 2. The monoisotopic (exact) mass is 492 g/mol. The first-order valence-electron chi connectivity index (χ1n) is 11.6. The maximum atomic E-state index is 13.4. The summed E-state index contributed by atoms with van der Waals surface area (Å²) in [5, 5.41) is 4.43. The van der Waals surface area contributed by atoms with E-state index in [1.807, 2.05) is 48.5 Å². The lowest BCUT2D eigenvalue weighted by molar-refractivity contribution is -0.122. The molecule has 0 spiro atoms. The molecular weight excluding hydrogens is 472 g/mol. The van der Waals surface area contributed by atoms with Crippen molar-refractivity contribution in [3.63, 3.8) is 0 Å². The van der Waals surface area contributed by atoms with Crippen LogP contribution in [0.15, 0.2) is 90.5 Å². The Labute approximate surface area is 211 Å². The molecule has 0 atom stereocenters. The number of urea groups is 1. The molecule has 2 heterocycles. The van der Waals surface area contributed by atoms with Gasteiger partial charge in [0.05, 0.1) is 5.69 Å². The molecule has 1 saturated heterocycles. The molecule has 37 heavy (non-hydrogen) atoms. The number of amides is 4. The Hall–Kier alpha value is -5.11. The molecule has 4 aromatic carbocycles. The fraction of sp³-hybridized carbons (Fsp3) is 0.0690. The molecule has 2 aliphatic rings. The van der Waals surface area contributed by atoms with Gasteiger partial charge in [-0.25, -0.2) is 9.69 Å². The molecule has 1 N–H and O–H groups in total. The summed E-state index contributed by atoms with van der Waals surface area (Å²) in [6, 6.07) is 25.0. The fourth-order valence-electron chi connectivity index (χ4n) is 4.38. The first-order valence-corrected chi connectivity index (χ1v) is 11.6. The summed E-state index contributed by atoms with van der Waals surface area (Å²) in [4.78, 5) is 39.5. The largest absolute Gasteiger partial charge is 0.488 e. The van der Waals surface area contributed by atoms with Crippen LogP contribution in [0.3, 0.4) is 0 Å². The molecule has 8 heteroatoms. The summed E-state index contributed by atoms with van der Waals surface area (Å²) in [6.07, 6.45) is 1.43. The van der Waals surface area contributed by atoms with Crippen LogP contribution < -0.4 is 24.4 Å². The summed E-state index contributed by atoms with van der Waals surface area (Å²) in [6.45, 7) is 0.349. The third kappa shape index (κ3) is 4.14. The van der Waals surface area contributed by atoms with Crippen LogP contribution in [0.4, 0.5) is 10.5 Å². The number of carbonyl (C=O) groups is 3. The molecule has 6 rings (SSSR count). The van der Waals surface area contributed by atoms with Gasteiger partial charge in [0.15, 0.2) is 11.5 Å². The zero-order chi connectivity index (χ0) is 25.4. The number of carbonyl (C=O) groups excluding carboxylic acids is 3. The second-order valence-corrected chi connectivity index (χ2v) is 8.46. The van der Waals surface area contributed by atoms with E-state index in [1.165, 1.54) is 12.1 Å². The van der Waals surface area contributed by atoms with Crippen LogP contribution in [0.5, 0.6) is 17.2 Å². The highest BCUT2D eigenvalue weighted by atomic mass is 16.7. The quantitative estimate of drug-likeness (QED) is 0.317. The second kappa shape index (κ2) is 9.16. The number of hydrogen-bond donors (Lipinski definition) is 1. The van der Waals surface area contributed by atoms with Gasteiger partial charge in [0.2, 0.25) is 6.79 Å². The highest BCUT2D eigenvalue weighted by Crippen LogP contribution is 2.36. The van der Waals surface area contributed by atoms with E-state index in [2.05, 4.69) is 5.32 Å². The van der Waals surface area contributed by atoms with Crippen molar-refractivity contribution in [1.82, 2.24) is 5.32 Å². The van der Waals surface area contributed by atoms with Crippen LogP contribution in [0.2, 0.25) is 0 Å². The number of hydrogen-bond acceptors (Lipinski definition) is 6. The van der Waals surface area contributed by atoms with Gasteiger partial charge in [0, 0.05) is 11.6 Å². The van der Waals surface area contributed by atoms with E-state index in [0.29, 0.717) is 29.4 Å². The van der Waals surface area contributed by atoms with Crippen molar-refractivity contribution in [1.29, 1.82) is 0 Å². The number of fused-ring (bicyclic) bond motifs is 2. The van der Waals surface area contributed by atoms with E-state index in [4.69, 9.17) is 14.2 Å². The van der Waals surface area contributed by atoms with Crippen LogP contribution in [-0.4, -0.2) is 24.6 Å². The smallest absolute Gasteiger partial charge is 0.335 e. The standard InChI is InChI=1S/C29H20N2O6/c32-27-23(28(33)31(29(34)30-27)21-12-13-25-26(15-21)37-17-36-25)14-19-7-2-4-11-24(19)35-16-20-9-5-8-18-6-1-3-10-22(18)20/h1-15H,16-17H2,(H,30,32,34)/b23-14-. The van der Waals surface area contributed by atoms with Crippen molar-refractivity contribution in [2.45, 2.75) is 6.61 Å². The minimum atomic E-state index is -0.841. The van der Waals surface area contributed by atoms with Gasteiger partial charge in [-0.1, -0.05) is 60.7 Å². The van der Waals surface area contributed by atoms with Gasteiger partial charge in [-0.2, -0.15) is 0 Å². The summed E-state index contributed by atoms with van der Waals surface area (Å²) < 4.78 is 16.8. The van der Waals surface area contributed by atoms with E-state index in [1.54, 1.807) is 30.3 Å². The Morgan fingerprint density at radius 2 is 1.65 bits per heavy atom. The molecule has 8 nitrogen and oxygen atoms in total. The Balaban J connectivity index is 1.30. The molecule has 2 aliphatic heterocycles. The third-order valence-corrected chi connectivity index (χ3v) is 6.20. The van der Waals surface area contributed by atoms with Crippen LogP contribution >= 0.6 is 0 Å². The van der Waals surface area contributed by atoms with Crippen LogP contribution in [0.1, 0.15) is 11.1 Å². The minimum absolute atomic E-state index is 0.0537. The number of barbiturate groups is 1. The lowest BCUT2D eigenvalue weighted by atomic mass is 10.0. The van der Waals surface area contributed by atoms with E-state index >= 15 is 0 Å². The number of nitrogens with zero attached hydrogens (tertiary/aromatic N) is 1. The molecule has 0 saturated carbocycles. The molecule has 0 aliphatic carbocycles. The summed E-state index contributed by atoms with van der Waals surface area (Å²) in [5.41, 5.74) is 1.59. The van der Waals surface area contributed by atoms with Gasteiger partial charge in [0.25, 0.3) is 11.8 Å². The van der Waals surface area contributed by atoms with E-state index in [9.17, 15) is 14.4 Å². The SMILES string of the molecule is O=C1NC(=O)N(c2ccc3c(c2)OCO3)C(=O)/C1=C\c1ccccc1OCc1cccc2ccccc12. The fourth-order valence-corrected chi connectivity index (χ4v) is 4.38. The van der Waals surface area contributed by atoms with E-state index in [-0.39, 0.29) is 18.1 Å². The Morgan fingerprint density at radius 3 is 2.57 bits per heavy atom. The minimum Gasteiger partial charge on any atom is -0.488 e. The van der Waals surface area contributed by atoms with E-state index in [0.717, 1.165) is 21.2 Å². The Morgan fingerprint density at radius 1 is 0.865 bits per heavy atom. The van der Waals surface area contributed by atoms with Crippen molar-refractivity contribution >= 4 is 40.4 Å². The van der Waals surface area contributed by atoms with Crippen molar-refractivity contribution in [2.24, 2.45) is 0 Å². The van der Waals surface area contributed by atoms with Gasteiger partial charge < -0.3 is 14.2 Å². The molecule has 182 valence electrons. The van der Waals surface area contributed by atoms with Gasteiger partial charge in [-0.05, 0) is 40.6 Å². The number of anilines is 1.